The molecule has 1 aliphatic carbocycles. The van der Waals surface area contributed by atoms with E-state index < -0.39 is 0 Å². The highest BCUT2D eigenvalue weighted by molar-refractivity contribution is 9.10. The number of hydrogen-bond donors (Lipinski definition) is 2. The van der Waals surface area contributed by atoms with E-state index in [0.29, 0.717) is 22.5 Å². The van der Waals surface area contributed by atoms with Crippen molar-refractivity contribution in [2.45, 2.75) is 19.8 Å². The smallest absolute Gasteiger partial charge is 0.306 e. The molecule has 0 spiro atoms. The Morgan fingerprint density at radius 3 is 2.56 bits per heavy atom. The van der Waals surface area contributed by atoms with Gasteiger partial charge < -0.3 is 9.97 Å². The maximum Gasteiger partial charge on any atom is 0.323 e. The fraction of sp³-hybridized carbons (Fsp3) is 0.385. The molecule has 1 heterocycles. The number of carbonyl (C=O) groups excluding carboxylic acids is 1. The molecule has 1 saturated carbocycles. The van der Waals surface area contributed by atoms with Crippen LogP contribution in [-0.2, 0) is 0 Å². The van der Waals surface area contributed by atoms with Crippen molar-refractivity contribution < 1.29 is 4.79 Å². The summed E-state index contributed by atoms with van der Waals surface area (Å²) in [5, 5.41) is 0. The summed E-state index contributed by atoms with van der Waals surface area (Å²) in [5.74, 6) is 0.739. The molecule has 1 aromatic carbocycles. The van der Waals surface area contributed by atoms with Gasteiger partial charge in [-0.1, -0.05) is 6.92 Å². The van der Waals surface area contributed by atoms with Gasteiger partial charge in [-0.15, -0.1) is 0 Å². The zero-order chi connectivity index (χ0) is 12.9. The van der Waals surface area contributed by atoms with Crippen LogP contribution in [0.1, 0.15) is 30.1 Å². The molecule has 4 nitrogen and oxygen atoms in total. The number of nitrogens with one attached hydrogen (secondary N) is 2. The Morgan fingerprint density at radius 1 is 1.33 bits per heavy atom. The molecule has 94 valence electrons. The van der Waals surface area contributed by atoms with Crippen LogP contribution in [0.25, 0.3) is 11.0 Å². The van der Waals surface area contributed by atoms with Gasteiger partial charge >= 0.3 is 5.69 Å². The molecule has 2 N–H and O–H groups in total. The van der Waals surface area contributed by atoms with Gasteiger partial charge in [0.1, 0.15) is 0 Å². The third-order valence-corrected chi connectivity index (χ3v) is 4.27. The summed E-state index contributed by atoms with van der Waals surface area (Å²) in [4.78, 5) is 28.9. The number of aromatic amines is 2. The van der Waals surface area contributed by atoms with Crippen molar-refractivity contribution in [2.75, 3.05) is 0 Å². The second kappa shape index (κ2) is 4.09. The number of carbonyl (C=O) groups is 1. The minimum absolute atomic E-state index is 0.0596. The van der Waals surface area contributed by atoms with Crippen molar-refractivity contribution >= 4 is 32.7 Å². The summed E-state index contributed by atoms with van der Waals surface area (Å²) < 4.78 is 0.739. The summed E-state index contributed by atoms with van der Waals surface area (Å²) in [6.07, 6.45) is 2.29. The zero-order valence-electron chi connectivity index (χ0n) is 9.92. The number of H-pyrrole nitrogens is 2. The monoisotopic (exact) mass is 308 g/mol. The Labute approximate surface area is 112 Å². The Bertz CT molecular complexity index is 682. The van der Waals surface area contributed by atoms with Crippen LogP contribution >= 0.6 is 15.9 Å². The minimum Gasteiger partial charge on any atom is -0.306 e. The molecule has 0 saturated heterocycles. The predicted molar refractivity (Wildman–Crippen MR) is 72.8 cm³/mol. The van der Waals surface area contributed by atoms with E-state index in [1.165, 1.54) is 0 Å². The first kappa shape index (κ1) is 11.7. The lowest BCUT2D eigenvalue weighted by Gasteiger charge is -2.10. The average molecular weight is 309 g/mol. The molecule has 1 aliphatic rings. The molecular formula is C13H13BrN2O2. The van der Waals surface area contributed by atoms with Gasteiger partial charge in [0, 0.05) is 16.0 Å². The average Bonchev–Trinajstić information content (AvgIpc) is 3.09. The molecule has 1 atom stereocenters. The van der Waals surface area contributed by atoms with Gasteiger partial charge in [0.25, 0.3) is 0 Å². The molecule has 1 fully saturated rings. The Morgan fingerprint density at radius 2 is 1.94 bits per heavy atom. The van der Waals surface area contributed by atoms with E-state index in [-0.39, 0.29) is 17.4 Å². The second-order valence-corrected chi connectivity index (χ2v) is 5.80. The van der Waals surface area contributed by atoms with Crippen LogP contribution in [-0.4, -0.2) is 15.8 Å². The van der Waals surface area contributed by atoms with Crippen molar-refractivity contribution in [3.05, 3.63) is 32.7 Å². The van der Waals surface area contributed by atoms with Gasteiger partial charge in [0.15, 0.2) is 5.78 Å². The lowest BCUT2D eigenvalue weighted by atomic mass is 9.95. The minimum atomic E-state index is -0.253. The lowest BCUT2D eigenvalue weighted by molar-refractivity contribution is 0.0915. The highest BCUT2D eigenvalue weighted by Gasteiger charge is 2.33. The third kappa shape index (κ3) is 1.92. The molecule has 0 aliphatic heterocycles. The fourth-order valence-corrected chi connectivity index (χ4v) is 2.84. The van der Waals surface area contributed by atoms with Gasteiger partial charge in [-0.3, -0.25) is 4.79 Å². The molecule has 1 unspecified atom stereocenters. The molecule has 0 bridgehead atoms. The Hall–Kier alpha value is -1.36. The van der Waals surface area contributed by atoms with Crippen molar-refractivity contribution in [3.8, 4) is 0 Å². The van der Waals surface area contributed by atoms with Gasteiger partial charge in [0.2, 0.25) is 0 Å². The van der Waals surface area contributed by atoms with Gasteiger partial charge in [-0.25, -0.2) is 4.79 Å². The first-order valence-corrected chi connectivity index (χ1v) is 6.81. The number of hydrogen-bond acceptors (Lipinski definition) is 2. The van der Waals surface area contributed by atoms with Crippen LogP contribution in [0.2, 0.25) is 0 Å². The number of halogens is 1. The zero-order valence-corrected chi connectivity index (χ0v) is 11.5. The van der Waals surface area contributed by atoms with Crippen LogP contribution in [0, 0.1) is 11.8 Å². The summed E-state index contributed by atoms with van der Waals surface area (Å²) in [6, 6.07) is 3.53. The molecule has 0 radical (unpaired) electrons. The lowest BCUT2D eigenvalue weighted by Crippen LogP contribution is -2.13. The van der Waals surface area contributed by atoms with E-state index >= 15 is 0 Å². The SMILES string of the molecule is CC(C(=O)c1cc2[nH]c(=O)[nH]c2cc1Br)C1CC1. The number of fused-ring (bicyclic) bond motifs is 1. The van der Waals surface area contributed by atoms with Gasteiger partial charge in [-0.2, -0.15) is 0 Å². The van der Waals surface area contributed by atoms with Crippen molar-refractivity contribution in [1.82, 2.24) is 9.97 Å². The van der Waals surface area contributed by atoms with E-state index in [1.54, 1.807) is 12.1 Å². The molecule has 0 amide bonds. The van der Waals surface area contributed by atoms with E-state index in [4.69, 9.17) is 0 Å². The van der Waals surface area contributed by atoms with Crippen LogP contribution in [0.5, 0.6) is 0 Å². The molecule has 5 heteroatoms. The van der Waals surface area contributed by atoms with Crippen molar-refractivity contribution in [1.29, 1.82) is 0 Å². The normalized spacial score (nSPS) is 17.0. The number of ketones is 1. The number of aromatic nitrogens is 2. The molecule has 18 heavy (non-hydrogen) atoms. The summed E-state index contributed by atoms with van der Waals surface area (Å²) in [6.45, 7) is 1.98. The van der Waals surface area contributed by atoms with Gasteiger partial charge in [0.05, 0.1) is 11.0 Å². The van der Waals surface area contributed by atoms with Crippen LogP contribution in [0.3, 0.4) is 0 Å². The quantitative estimate of drug-likeness (QED) is 0.856. The Kier molecular flexibility index (Phi) is 2.66. The second-order valence-electron chi connectivity index (χ2n) is 4.95. The summed E-state index contributed by atoms with van der Waals surface area (Å²) in [7, 11) is 0. The van der Waals surface area contributed by atoms with Crippen molar-refractivity contribution in [3.63, 3.8) is 0 Å². The van der Waals surface area contributed by atoms with E-state index in [2.05, 4.69) is 25.9 Å². The Balaban J connectivity index is 2.07. The third-order valence-electron chi connectivity index (χ3n) is 3.61. The largest absolute Gasteiger partial charge is 0.323 e. The number of Topliss-reactive ketones (excluding diaryl/α,β-unsaturated/α-hetero) is 1. The van der Waals surface area contributed by atoms with E-state index in [9.17, 15) is 9.59 Å². The van der Waals surface area contributed by atoms with Crippen LogP contribution in [0.15, 0.2) is 21.4 Å². The topological polar surface area (TPSA) is 65.7 Å². The fourth-order valence-electron chi connectivity index (χ4n) is 2.30. The predicted octanol–water partition coefficient (Wildman–Crippen LogP) is 2.85. The van der Waals surface area contributed by atoms with Gasteiger partial charge in [-0.05, 0) is 46.8 Å². The van der Waals surface area contributed by atoms with E-state index in [1.807, 2.05) is 6.92 Å². The first-order chi connectivity index (χ1) is 8.56. The molecule has 3 rings (SSSR count). The summed E-state index contributed by atoms with van der Waals surface area (Å²) >= 11 is 3.41. The summed E-state index contributed by atoms with van der Waals surface area (Å²) in [5.41, 5.74) is 1.78. The van der Waals surface area contributed by atoms with Crippen LogP contribution in [0.4, 0.5) is 0 Å². The van der Waals surface area contributed by atoms with E-state index in [0.717, 1.165) is 17.3 Å². The standard InChI is InChI=1S/C13H13BrN2O2/c1-6(7-2-3-7)12(17)8-4-10-11(5-9(8)14)16-13(18)15-10/h4-7H,2-3H2,1H3,(H2,15,16,18). The number of benzene rings is 1. The van der Waals surface area contributed by atoms with Crippen molar-refractivity contribution in [2.24, 2.45) is 11.8 Å². The molecule has 2 aromatic rings. The molecule has 1 aromatic heterocycles. The first-order valence-electron chi connectivity index (χ1n) is 6.02. The highest BCUT2D eigenvalue weighted by atomic mass is 79.9. The van der Waals surface area contributed by atoms with Crippen LogP contribution < -0.4 is 5.69 Å². The maximum absolute atomic E-state index is 12.4. The number of imidazole rings is 1. The molecular weight excluding hydrogens is 296 g/mol. The maximum atomic E-state index is 12.4. The number of rotatable bonds is 3. The highest BCUT2D eigenvalue weighted by Crippen LogP contribution is 2.39.